The van der Waals surface area contributed by atoms with Gasteiger partial charge >= 0.3 is 0 Å². The van der Waals surface area contributed by atoms with Crippen LogP contribution < -0.4 is 10.1 Å². The molecule has 0 aliphatic carbocycles. The molecular weight excluding hydrogens is 333 g/mol. The van der Waals surface area contributed by atoms with E-state index in [4.69, 9.17) is 4.74 Å². The van der Waals surface area contributed by atoms with Gasteiger partial charge in [-0.05, 0) is 48.4 Å². The van der Waals surface area contributed by atoms with Crippen molar-refractivity contribution in [3.8, 4) is 5.75 Å². The minimum absolute atomic E-state index is 0.0396. The largest absolute Gasteiger partial charge is 0.494 e. The zero-order chi connectivity index (χ0) is 15.4. The van der Waals surface area contributed by atoms with Crippen molar-refractivity contribution >= 4 is 15.9 Å². The first-order valence-electron chi connectivity index (χ1n) is 6.89. The van der Waals surface area contributed by atoms with Crippen molar-refractivity contribution in [3.63, 3.8) is 0 Å². The summed E-state index contributed by atoms with van der Waals surface area (Å²) in [6.07, 6.45) is 0. The Bertz CT molecular complexity index is 630. The number of halogens is 2. The Labute approximate surface area is 133 Å². The molecule has 0 aromatic heterocycles. The van der Waals surface area contributed by atoms with Crippen LogP contribution >= 0.6 is 15.9 Å². The molecule has 112 valence electrons. The molecule has 2 nitrogen and oxygen atoms in total. The number of nitrogens with one attached hydrogen (secondary N) is 1. The van der Waals surface area contributed by atoms with Crippen molar-refractivity contribution in [1.82, 2.24) is 5.32 Å². The van der Waals surface area contributed by atoms with E-state index < -0.39 is 0 Å². The number of hydrogen-bond donors (Lipinski definition) is 1. The molecular formula is C17H19BrFNO. The van der Waals surface area contributed by atoms with Gasteiger partial charge in [-0.25, -0.2) is 4.39 Å². The molecule has 2 aromatic carbocycles. The van der Waals surface area contributed by atoms with Gasteiger partial charge in [0, 0.05) is 4.47 Å². The van der Waals surface area contributed by atoms with E-state index in [1.54, 1.807) is 6.07 Å². The summed E-state index contributed by atoms with van der Waals surface area (Å²) in [6.45, 7) is 4.89. The predicted octanol–water partition coefficient (Wildman–Crippen LogP) is 4.60. The summed E-state index contributed by atoms with van der Waals surface area (Å²) in [5.74, 6) is -0.0762. The number of methoxy groups -OCH3 is 1. The number of hydrogen-bond acceptors (Lipinski definition) is 2. The molecule has 0 fully saturated rings. The molecule has 1 N–H and O–H groups in total. The summed E-state index contributed by atoms with van der Waals surface area (Å²) in [7, 11) is 1.47. The molecule has 21 heavy (non-hydrogen) atoms. The van der Waals surface area contributed by atoms with E-state index in [0.717, 1.165) is 27.7 Å². The highest BCUT2D eigenvalue weighted by molar-refractivity contribution is 9.10. The van der Waals surface area contributed by atoms with E-state index in [9.17, 15) is 4.39 Å². The molecule has 1 atom stereocenters. The highest BCUT2D eigenvalue weighted by atomic mass is 79.9. The fraction of sp³-hybridized carbons (Fsp3) is 0.294. The Morgan fingerprint density at radius 2 is 1.86 bits per heavy atom. The zero-order valence-corrected chi connectivity index (χ0v) is 14.0. The van der Waals surface area contributed by atoms with E-state index in [2.05, 4.69) is 27.3 Å². The van der Waals surface area contributed by atoms with Crippen molar-refractivity contribution in [3.05, 3.63) is 63.4 Å². The lowest BCUT2D eigenvalue weighted by Crippen LogP contribution is -2.22. The van der Waals surface area contributed by atoms with E-state index in [-0.39, 0.29) is 17.6 Å². The fourth-order valence-corrected chi connectivity index (χ4v) is 2.59. The summed E-state index contributed by atoms with van der Waals surface area (Å²) in [4.78, 5) is 0. The average molecular weight is 352 g/mol. The number of rotatable bonds is 5. The van der Waals surface area contributed by atoms with Crippen molar-refractivity contribution in [2.24, 2.45) is 0 Å². The lowest BCUT2D eigenvalue weighted by Gasteiger charge is -2.20. The molecule has 0 heterocycles. The van der Waals surface area contributed by atoms with Crippen LogP contribution in [0.5, 0.6) is 5.75 Å². The molecule has 2 aromatic rings. The number of aryl methyl sites for hydroxylation is 1. The number of benzene rings is 2. The van der Waals surface area contributed by atoms with E-state index >= 15 is 0 Å². The maximum atomic E-state index is 13.9. The third kappa shape index (κ3) is 3.63. The van der Waals surface area contributed by atoms with Gasteiger partial charge in [0.25, 0.3) is 0 Å². The number of ether oxygens (including phenoxy) is 1. The van der Waals surface area contributed by atoms with Crippen molar-refractivity contribution in [2.45, 2.75) is 19.9 Å². The van der Waals surface area contributed by atoms with Gasteiger partial charge in [0.2, 0.25) is 0 Å². The van der Waals surface area contributed by atoms with Crippen LogP contribution in [0.15, 0.2) is 40.9 Å². The average Bonchev–Trinajstić information content (AvgIpc) is 2.48. The van der Waals surface area contributed by atoms with Crippen molar-refractivity contribution < 1.29 is 9.13 Å². The molecule has 4 heteroatoms. The van der Waals surface area contributed by atoms with Crippen LogP contribution in [0.1, 0.15) is 29.7 Å². The lowest BCUT2D eigenvalue weighted by atomic mass is 9.97. The molecule has 1 unspecified atom stereocenters. The Morgan fingerprint density at radius 1 is 1.19 bits per heavy atom. The molecule has 0 aliphatic heterocycles. The second-order valence-electron chi connectivity index (χ2n) is 4.89. The third-order valence-electron chi connectivity index (χ3n) is 3.43. The van der Waals surface area contributed by atoms with E-state index in [1.807, 2.05) is 32.0 Å². The summed E-state index contributed by atoms with van der Waals surface area (Å²) in [6, 6.07) is 11.2. The van der Waals surface area contributed by atoms with Gasteiger partial charge in [-0.15, -0.1) is 0 Å². The molecule has 0 bridgehead atoms. The van der Waals surface area contributed by atoms with E-state index in [0.29, 0.717) is 0 Å². The van der Waals surface area contributed by atoms with Gasteiger partial charge in [0.15, 0.2) is 11.6 Å². The molecule has 0 amide bonds. The monoisotopic (exact) mass is 351 g/mol. The smallest absolute Gasteiger partial charge is 0.165 e. The molecule has 2 rings (SSSR count). The Balaban J connectivity index is 2.42. The van der Waals surface area contributed by atoms with Gasteiger partial charge in [-0.1, -0.05) is 41.1 Å². The fourth-order valence-electron chi connectivity index (χ4n) is 2.34. The second-order valence-corrected chi connectivity index (χ2v) is 5.75. The lowest BCUT2D eigenvalue weighted by molar-refractivity contribution is 0.385. The quantitative estimate of drug-likeness (QED) is 0.849. The Hall–Kier alpha value is -1.39. The second kappa shape index (κ2) is 7.05. The zero-order valence-electron chi connectivity index (χ0n) is 12.4. The highest BCUT2D eigenvalue weighted by Gasteiger charge is 2.16. The van der Waals surface area contributed by atoms with Crippen LogP contribution in [0.4, 0.5) is 4.39 Å². The molecule has 0 saturated carbocycles. The van der Waals surface area contributed by atoms with Gasteiger partial charge in [0.05, 0.1) is 13.2 Å². The molecule has 0 spiro atoms. The predicted molar refractivity (Wildman–Crippen MR) is 87.4 cm³/mol. The summed E-state index contributed by atoms with van der Waals surface area (Å²) < 4.78 is 20.0. The Kier molecular flexibility index (Phi) is 5.37. The molecule has 0 aliphatic rings. The van der Waals surface area contributed by atoms with Crippen LogP contribution in [0.2, 0.25) is 0 Å². The topological polar surface area (TPSA) is 21.3 Å². The minimum Gasteiger partial charge on any atom is -0.494 e. The van der Waals surface area contributed by atoms with Crippen LogP contribution in [0, 0.1) is 12.7 Å². The first kappa shape index (κ1) is 16.0. The third-order valence-corrected chi connectivity index (χ3v) is 4.32. The van der Waals surface area contributed by atoms with Gasteiger partial charge < -0.3 is 10.1 Å². The van der Waals surface area contributed by atoms with Crippen LogP contribution in [0.25, 0.3) is 0 Å². The highest BCUT2D eigenvalue weighted by Crippen LogP contribution is 2.28. The van der Waals surface area contributed by atoms with Crippen LogP contribution in [-0.2, 0) is 0 Å². The van der Waals surface area contributed by atoms with E-state index in [1.165, 1.54) is 13.2 Å². The van der Waals surface area contributed by atoms with Gasteiger partial charge in [-0.2, -0.15) is 0 Å². The van der Waals surface area contributed by atoms with Crippen molar-refractivity contribution in [1.29, 1.82) is 0 Å². The summed E-state index contributed by atoms with van der Waals surface area (Å²) in [5.41, 5.74) is 3.16. The molecule has 0 saturated heterocycles. The van der Waals surface area contributed by atoms with Gasteiger partial charge in [-0.3, -0.25) is 0 Å². The van der Waals surface area contributed by atoms with Crippen LogP contribution in [0.3, 0.4) is 0 Å². The normalized spacial score (nSPS) is 12.2. The first-order valence-corrected chi connectivity index (χ1v) is 7.69. The maximum Gasteiger partial charge on any atom is 0.165 e. The minimum atomic E-state index is -0.341. The SMILES string of the molecule is CCNC(c1ccc(Br)c(C)c1)c1ccc(OC)c(F)c1. The van der Waals surface area contributed by atoms with Gasteiger partial charge in [0.1, 0.15) is 0 Å². The van der Waals surface area contributed by atoms with Crippen molar-refractivity contribution in [2.75, 3.05) is 13.7 Å². The molecule has 0 radical (unpaired) electrons. The van der Waals surface area contributed by atoms with Crippen LogP contribution in [-0.4, -0.2) is 13.7 Å². The maximum absolute atomic E-state index is 13.9. The summed E-state index contributed by atoms with van der Waals surface area (Å²) >= 11 is 3.51. The standard InChI is InChI=1S/C17H19BrFNO/c1-4-20-17(12-5-7-14(18)11(2)9-12)13-6-8-16(21-3)15(19)10-13/h5-10,17,20H,4H2,1-3H3. The summed E-state index contributed by atoms with van der Waals surface area (Å²) in [5, 5.41) is 3.40. The first-order chi connectivity index (χ1) is 10.1. The Morgan fingerprint density at radius 3 is 2.43 bits per heavy atom.